The molecule has 13 heavy (non-hydrogen) atoms. The monoisotopic (exact) mass is 263 g/mol. The van der Waals surface area contributed by atoms with Crippen molar-refractivity contribution in [1.82, 2.24) is 0 Å². The molecule has 1 aromatic carbocycles. The molecule has 0 spiro atoms. The van der Waals surface area contributed by atoms with Gasteiger partial charge in [-0.25, -0.2) is 8.42 Å². The zero-order chi connectivity index (χ0) is 9.90. The Labute approximate surface area is 86.3 Å². The summed E-state index contributed by atoms with van der Waals surface area (Å²) >= 11 is 2.89. The summed E-state index contributed by atoms with van der Waals surface area (Å²) in [6.07, 6.45) is 0. The van der Waals surface area contributed by atoms with E-state index in [1.807, 2.05) is 19.1 Å². The Morgan fingerprint density at radius 2 is 1.85 bits per heavy atom. The summed E-state index contributed by atoms with van der Waals surface area (Å²) in [6, 6.07) is 7.17. The summed E-state index contributed by atoms with van der Waals surface area (Å²) in [4.78, 5) is 0. The van der Waals surface area contributed by atoms with E-state index in [1.54, 1.807) is 12.1 Å². The first-order chi connectivity index (χ1) is 6.03. The topological polar surface area (TPSA) is 46.2 Å². The summed E-state index contributed by atoms with van der Waals surface area (Å²) in [7, 11) is -3.22. The number of aryl methyl sites for hydroxylation is 1. The van der Waals surface area contributed by atoms with E-state index < -0.39 is 10.0 Å². The largest absolute Gasteiger partial charge is 0.283 e. The molecule has 0 aliphatic carbocycles. The van der Waals surface area contributed by atoms with Crippen molar-refractivity contribution in [1.29, 1.82) is 0 Å². The maximum absolute atomic E-state index is 11.1. The molecule has 72 valence electrons. The van der Waals surface area contributed by atoms with Gasteiger partial charge in [0, 0.05) is 5.69 Å². The Bertz CT molecular complexity index is 372. The lowest BCUT2D eigenvalue weighted by Crippen LogP contribution is -2.12. The van der Waals surface area contributed by atoms with Gasteiger partial charge >= 0.3 is 0 Å². The third kappa shape index (κ3) is 3.36. The van der Waals surface area contributed by atoms with Crippen LogP contribution in [0.1, 0.15) is 5.56 Å². The molecule has 0 unspecified atom stereocenters. The lowest BCUT2D eigenvalue weighted by molar-refractivity contribution is 0.606. The van der Waals surface area contributed by atoms with E-state index in [9.17, 15) is 8.42 Å². The lowest BCUT2D eigenvalue weighted by atomic mass is 10.2. The Balaban J connectivity index is 2.82. The van der Waals surface area contributed by atoms with E-state index in [-0.39, 0.29) is 4.66 Å². The van der Waals surface area contributed by atoms with Crippen LogP contribution >= 0.6 is 15.9 Å². The van der Waals surface area contributed by atoms with E-state index in [2.05, 4.69) is 20.7 Å². The third-order valence-corrected chi connectivity index (χ3v) is 4.11. The molecule has 0 saturated carbocycles. The second kappa shape index (κ2) is 4.11. The first kappa shape index (κ1) is 10.5. The van der Waals surface area contributed by atoms with Gasteiger partial charge in [0.15, 0.2) is 0 Å². The minimum absolute atomic E-state index is 0.0894. The Hall–Kier alpha value is -0.550. The number of nitrogens with one attached hydrogen (secondary N) is 1. The third-order valence-electron chi connectivity index (χ3n) is 1.47. The van der Waals surface area contributed by atoms with Gasteiger partial charge in [-0.2, -0.15) is 0 Å². The van der Waals surface area contributed by atoms with Gasteiger partial charge in [-0.15, -0.1) is 0 Å². The zero-order valence-electron chi connectivity index (χ0n) is 7.12. The van der Waals surface area contributed by atoms with Crippen LogP contribution in [0.3, 0.4) is 0 Å². The van der Waals surface area contributed by atoms with Crippen molar-refractivity contribution in [3.63, 3.8) is 0 Å². The van der Waals surface area contributed by atoms with Crippen molar-refractivity contribution >= 4 is 31.6 Å². The number of halogens is 1. The van der Waals surface area contributed by atoms with Crippen LogP contribution < -0.4 is 4.72 Å². The van der Waals surface area contributed by atoms with E-state index in [0.29, 0.717) is 5.69 Å². The SMILES string of the molecule is Cc1ccc(NS(=O)(=O)CBr)cc1. The highest BCUT2D eigenvalue weighted by Crippen LogP contribution is 2.11. The van der Waals surface area contributed by atoms with Gasteiger partial charge in [-0.1, -0.05) is 33.6 Å². The second-order valence-electron chi connectivity index (χ2n) is 2.69. The van der Waals surface area contributed by atoms with E-state index in [1.165, 1.54) is 0 Å². The number of rotatable bonds is 3. The van der Waals surface area contributed by atoms with Crippen molar-refractivity contribution in [3.05, 3.63) is 29.8 Å². The van der Waals surface area contributed by atoms with Crippen LogP contribution in [0.15, 0.2) is 24.3 Å². The molecular weight excluding hydrogens is 254 g/mol. The molecule has 5 heteroatoms. The number of benzene rings is 1. The van der Waals surface area contributed by atoms with E-state index >= 15 is 0 Å². The fraction of sp³-hybridized carbons (Fsp3) is 0.250. The van der Waals surface area contributed by atoms with Crippen molar-refractivity contribution in [3.8, 4) is 0 Å². The summed E-state index contributed by atoms with van der Waals surface area (Å²) in [6.45, 7) is 1.95. The van der Waals surface area contributed by atoms with Gasteiger partial charge < -0.3 is 0 Å². The molecule has 0 saturated heterocycles. The predicted molar refractivity (Wildman–Crippen MR) is 57.5 cm³/mol. The molecular formula is C8H10BrNO2S. The van der Waals surface area contributed by atoms with Crippen LogP contribution in [-0.2, 0) is 10.0 Å². The smallest absolute Gasteiger partial charge is 0.242 e. The lowest BCUT2D eigenvalue weighted by Gasteiger charge is -2.04. The first-order valence-corrected chi connectivity index (χ1v) is 6.44. The Morgan fingerprint density at radius 1 is 1.31 bits per heavy atom. The number of alkyl halides is 1. The predicted octanol–water partition coefficient (Wildman–Crippen LogP) is 2.09. The Morgan fingerprint density at radius 3 is 2.31 bits per heavy atom. The van der Waals surface area contributed by atoms with Crippen molar-refractivity contribution in [2.24, 2.45) is 0 Å². The summed E-state index contributed by atoms with van der Waals surface area (Å²) in [5.41, 5.74) is 1.69. The maximum Gasteiger partial charge on any atom is 0.242 e. The van der Waals surface area contributed by atoms with Gasteiger partial charge in [0.25, 0.3) is 0 Å². The molecule has 0 heterocycles. The average Bonchev–Trinajstić information content (AvgIpc) is 2.09. The molecule has 1 aromatic rings. The molecule has 0 radical (unpaired) electrons. The van der Waals surface area contributed by atoms with Crippen LogP contribution in [-0.4, -0.2) is 13.1 Å². The van der Waals surface area contributed by atoms with Gasteiger partial charge in [0.2, 0.25) is 10.0 Å². The van der Waals surface area contributed by atoms with Crippen LogP contribution in [0.25, 0.3) is 0 Å². The average molecular weight is 264 g/mol. The molecule has 3 nitrogen and oxygen atoms in total. The number of hydrogen-bond donors (Lipinski definition) is 1. The minimum Gasteiger partial charge on any atom is -0.283 e. The van der Waals surface area contributed by atoms with Crippen molar-refractivity contribution in [2.75, 3.05) is 9.38 Å². The van der Waals surface area contributed by atoms with Gasteiger partial charge in [0.1, 0.15) is 4.66 Å². The summed E-state index contributed by atoms with van der Waals surface area (Å²) < 4.78 is 24.5. The van der Waals surface area contributed by atoms with Gasteiger partial charge in [-0.3, -0.25) is 4.72 Å². The summed E-state index contributed by atoms with van der Waals surface area (Å²) in [5.74, 6) is 0. The van der Waals surface area contributed by atoms with Gasteiger partial charge in [-0.05, 0) is 19.1 Å². The van der Waals surface area contributed by atoms with Crippen LogP contribution in [0.2, 0.25) is 0 Å². The quantitative estimate of drug-likeness (QED) is 0.850. The van der Waals surface area contributed by atoms with Gasteiger partial charge in [0.05, 0.1) is 0 Å². The number of sulfonamides is 1. The fourth-order valence-electron chi connectivity index (χ4n) is 0.828. The van der Waals surface area contributed by atoms with E-state index in [4.69, 9.17) is 0 Å². The highest BCUT2D eigenvalue weighted by atomic mass is 79.9. The Kier molecular flexibility index (Phi) is 3.33. The second-order valence-corrected chi connectivity index (χ2v) is 5.72. The van der Waals surface area contributed by atoms with Crippen LogP contribution in [0.5, 0.6) is 0 Å². The molecule has 0 amide bonds. The van der Waals surface area contributed by atoms with E-state index in [0.717, 1.165) is 5.56 Å². The molecule has 0 bridgehead atoms. The highest BCUT2D eigenvalue weighted by molar-refractivity contribution is 9.10. The zero-order valence-corrected chi connectivity index (χ0v) is 9.52. The van der Waals surface area contributed by atoms with Crippen molar-refractivity contribution in [2.45, 2.75) is 6.92 Å². The molecule has 0 aliphatic rings. The molecule has 0 fully saturated rings. The first-order valence-electron chi connectivity index (χ1n) is 3.66. The van der Waals surface area contributed by atoms with Crippen LogP contribution in [0, 0.1) is 6.92 Å². The van der Waals surface area contributed by atoms with Crippen LogP contribution in [0.4, 0.5) is 5.69 Å². The molecule has 1 rings (SSSR count). The summed E-state index contributed by atoms with van der Waals surface area (Å²) in [5, 5.41) is 0. The molecule has 0 atom stereocenters. The molecule has 1 N–H and O–H groups in total. The minimum atomic E-state index is -3.22. The molecule has 0 aliphatic heterocycles. The maximum atomic E-state index is 11.1. The number of anilines is 1. The normalized spacial score (nSPS) is 11.2. The fourth-order valence-corrected chi connectivity index (χ4v) is 1.72. The highest BCUT2D eigenvalue weighted by Gasteiger charge is 2.06. The standard InChI is InChI=1S/C8H10BrNO2S/c1-7-2-4-8(5-3-7)10-13(11,12)6-9/h2-5,10H,6H2,1H3. The number of hydrogen-bond acceptors (Lipinski definition) is 2. The van der Waals surface area contributed by atoms with Crippen molar-refractivity contribution < 1.29 is 8.42 Å². The molecule has 0 aromatic heterocycles.